The van der Waals surface area contributed by atoms with Crippen molar-refractivity contribution in [2.24, 2.45) is 0 Å². The molecule has 1 aliphatic rings. The zero-order valence-corrected chi connectivity index (χ0v) is 14.3. The molecule has 3 rings (SSSR count). The van der Waals surface area contributed by atoms with Gasteiger partial charge in [-0.15, -0.1) is 0 Å². The minimum absolute atomic E-state index is 0.532. The number of nitrogens with zero attached hydrogens (tertiary/aromatic N) is 2. The van der Waals surface area contributed by atoms with Gasteiger partial charge in [0.05, 0.1) is 0 Å². The molecule has 5 nitrogen and oxygen atoms in total. The lowest BCUT2D eigenvalue weighted by molar-refractivity contribution is 0.198. The van der Waals surface area contributed by atoms with Crippen molar-refractivity contribution < 1.29 is 4.74 Å². The number of anilines is 2. The van der Waals surface area contributed by atoms with Crippen molar-refractivity contribution in [3.8, 4) is 11.4 Å². The third-order valence-corrected chi connectivity index (χ3v) is 4.30. The molecule has 2 aromatic rings. The maximum atomic E-state index is 5.10. The van der Waals surface area contributed by atoms with Gasteiger partial charge in [0.1, 0.15) is 11.6 Å². The number of ether oxygens (including phenoxy) is 1. The van der Waals surface area contributed by atoms with Crippen LogP contribution in [-0.2, 0) is 4.74 Å². The smallest absolute Gasteiger partial charge is 0.163 e. The number of nitrogens with one attached hydrogen (secondary N) is 2. The zero-order valence-electron chi connectivity index (χ0n) is 14.3. The molecule has 0 atom stereocenters. The molecule has 1 aliphatic carbocycles. The first-order valence-corrected chi connectivity index (χ1v) is 8.79. The quantitative estimate of drug-likeness (QED) is 0.719. The normalized spacial score (nSPS) is 14.7. The van der Waals surface area contributed by atoms with Crippen molar-refractivity contribution in [2.75, 3.05) is 30.9 Å². The average Bonchev–Trinajstić information content (AvgIpc) is 3.12. The summed E-state index contributed by atoms with van der Waals surface area (Å²) in [5.74, 6) is 2.53. The minimum Gasteiger partial charge on any atom is -0.385 e. The fraction of sp³-hybridized carbons (Fsp3) is 0.474. The third kappa shape index (κ3) is 4.68. The average molecular weight is 326 g/mol. The molecule has 0 bridgehead atoms. The number of methoxy groups -OCH3 is 1. The fourth-order valence-electron chi connectivity index (χ4n) is 3.04. The molecule has 1 heterocycles. The maximum Gasteiger partial charge on any atom is 0.163 e. The van der Waals surface area contributed by atoms with Crippen molar-refractivity contribution in [1.82, 2.24) is 9.97 Å². The number of aromatic nitrogens is 2. The van der Waals surface area contributed by atoms with Crippen molar-refractivity contribution in [2.45, 2.75) is 38.1 Å². The summed E-state index contributed by atoms with van der Waals surface area (Å²) in [6.07, 6.45) is 6.00. The van der Waals surface area contributed by atoms with Crippen LogP contribution >= 0.6 is 0 Å². The molecular formula is C19H26N4O. The van der Waals surface area contributed by atoms with Gasteiger partial charge in [0.15, 0.2) is 5.82 Å². The van der Waals surface area contributed by atoms with E-state index in [9.17, 15) is 0 Å². The van der Waals surface area contributed by atoms with Crippen LogP contribution < -0.4 is 10.6 Å². The molecular weight excluding hydrogens is 300 g/mol. The van der Waals surface area contributed by atoms with Crippen molar-refractivity contribution >= 4 is 11.6 Å². The number of benzene rings is 1. The Morgan fingerprint density at radius 2 is 1.83 bits per heavy atom. The Kier molecular flexibility index (Phi) is 6.01. The maximum absolute atomic E-state index is 5.10. The predicted molar refractivity (Wildman–Crippen MR) is 98.3 cm³/mol. The second kappa shape index (κ2) is 8.64. The van der Waals surface area contributed by atoms with Crippen LogP contribution in [0.4, 0.5) is 11.6 Å². The topological polar surface area (TPSA) is 59.1 Å². The Morgan fingerprint density at radius 3 is 2.58 bits per heavy atom. The highest BCUT2D eigenvalue weighted by Gasteiger charge is 2.16. The van der Waals surface area contributed by atoms with E-state index in [1.807, 2.05) is 36.4 Å². The van der Waals surface area contributed by atoms with Crippen LogP contribution in [-0.4, -0.2) is 36.3 Å². The van der Waals surface area contributed by atoms with Crippen molar-refractivity contribution in [1.29, 1.82) is 0 Å². The number of hydrogen-bond acceptors (Lipinski definition) is 5. The fourth-order valence-corrected chi connectivity index (χ4v) is 3.04. The summed E-state index contributed by atoms with van der Waals surface area (Å²) < 4.78 is 5.10. The van der Waals surface area contributed by atoms with Gasteiger partial charge in [-0.05, 0) is 19.3 Å². The molecule has 24 heavy (non-hydrogen) atoms. The van der Waals surface area contributed by atoms with E-state index >= 15 is 0 Å². The van der Waals surface area contributed by atoms with Gasteiger partial charge in [0, 0.05) is 37.9 Å². The van der Waals surface area contributed by atoms with Gasteiger partial charge in [0.25, 0.3) is 0 Å². The molecule has 1 aromatic carbocycles. The molecule has 1 saturated carbocycles. The highest BCUT2D eigenvalue weighted by atomic mass is 16.5. The molecule has 2 N–H and O–H groups in total. The Hall–Kier alpha value is -2.14. The highest BCUT2D eigenvalue weighted by molar-refractivity contribution is 5.61. The Bertz CT molecular complexity index is 627. The first kappa shape index (κ1) is 16.7. The Morgan fingerprint density at radius 1 is 1.08 bits per heavy atom. The molecule has 0 saturated heterocycles. The summed E-state index contributed by atoms with van der Waals surface area (Å²) in [7, 11) is 1.72. The summed E-state index contributed by atoms with van der Waals surface area (Å²) in [6, 6.07) is 12.7. The van der Waals surface area contributed by atoms with E-state index in [4.69, 9.17) is 9.72 Å². The Balaban J connectivity index is 1.78. The van der Waals surface area contributed by atoms with Crippen LogP contribution in [0.25, 0.3) is 11.4 Å². The molecule has 0 unspecified atom stereocenters. The molecule has 1 aromatic heterocycles. The summed E-state index contributed by atoms with van der Waals surface area (Å²) in [4.78, 5) is 9.40. The van der Waals surface area contributed by atoms with Gasteiger partial charge >= 0.3 is 0 Å². The van der Waals surface area contributed by atoms with E-state index in [0.29, 0.717) is 6.04 Å². The van der Waals surface area contributed by atoms with Crippen molar-refractivity contribution in [3.05, 3.63) is 36.4 Å². The molecule has 0 spiro atoms. The van der Waals surface area contributed by atoms with Gasteiger partial charge in [-0.25, -0.2) is 9.97 Å². The van der Waals surface area contributed by atoms with Crippen molar-refractivity contribution in [3.63, 3.8) is 0 Å². The van der Waals surface area contributed by atoms with E-state index < -0.39 is 0 Å². The second-order valence-electron chi connectivity index (χ2n) is 6.23. The van der Waals surface area contributed by atoms with Crippen LogP contribution in [0.1, 0.15) is 32.1 Å². The first-order valence-electron chi connectivity index (χ1n) is 8.79. The van der Waals surface area contributed by atoms with E-state index in [1.165, 1.54) is 25.7 Å². The molecule has 1 fully saturated rings. The van der Waals surface area contributed by atoms with Gasteiger partial charge in [-0.2, -0.15) is 0 Å². The highest BCUT2D eigenvalue weighted by Crippen LogP contribution is 2.24. The van der Waals surface area contributed by atoms with E-state index in [-0.39, 0.29) is 0 Å². The van der Waals surface area contributed by atoms with Crippen LogP contribution in [0.2, 0.25) is 0 Å². The lowest BCUT2D eigenvalue weighted by atomic mass is 10.2. The molecule has 5 heteroatoms. The number of hydrogen-bond donors (Lipinski definition) is 2. The third-order valence-electron chi connectivity index (χ3n) is 4.30. The summed E-state index contributed by atoms with van der Waals surface area (Å²) >= 11 is 0. The summed E-state index contributed by atoms with van der Waals surface area (Å²) in [6.45, 7) is 1.58. The lowest BCUT2D eigenvalue weighted by Gasteiger charge is -2.15. The Labute approximate surface area is 143 Å². The lowest BCUT2D eigenvalue weighted by Crippen LogP contribution is -2.16. The van der Waals surface area contributed by atoms with Crippen LogP contribution in [0.3, 0.4) is 0 Å². The van der Waals surface area contributed by atoms with Gasteiger partial charge in [-0.3, -0.25) is 0 Å². The first-order chi connectivity index (χ1) is 11.8. The monoisotopic (exact) mass is 326 g/mol. The van der Waals surface area contributed by atoms with E-state index in [2.05, 4.69) is 15.6 Å². The van der Waals surface area contributed by atoms with Gasteiger partial charge < -0.3 is 15.4 Å². The summed E-state index contributed by atoms with van der Waals surface area (Å²) in [5.41, 5.74) is 1.03. The van der Waals surface area contributed by atoms with Crippen LogP contribution in [0.5, 0.6) is 0 Å². The molecule has 0 aliphatic heterocycles. The second-order valence-corrected chi connectivity index (χ2v) is 6.23. The molecule has 0 amide bonds. The predicted octanol–water partition coefficient (Wildman–Crippen LogP) is 3.95. The molecule has 0 radical (unpaired) electrons. The van der Waals surface area contributed by atoms with E-state index in [1.54, 1.807) is 7.11 Å². The van der Waals surface area contributed by atoms with Crippen LogP contribution in [0.15, 0.2) is 36.4 Å². The van der Waals surface area contributed by atoms with E-state index in [0.717, 1.165) is 42.6 Å². The number of rotatable bonds is 8. The largest absolute Gasteiger partial charge is 0.385 e. The molecule has 128 valence electrons. The SMILES string of the molecule is COCCCNc1cc(NC2CCCC2)nc(-c2ccccc2)n1. The van der Waals surface area contributed by atoms with Gasteiger partial charge in [0.2, 0.25) is 0 Å². The minimum atomic E-state index is 0.532. The van der Waals surface area contributed by atoms with Gasteiger partial charge in [-0.1, -0.05) is 43.2 Å². The standard InChI is InChI=1S/C19H26N4O/c1-24-13-7-12-20-17-14-18(21-16-10-5-6-11-16)23-19(22-17)15-8-3-2-4-9-15/h2-4,8-9,14,16H,5-7,10-13H2,1H3,(H2,20,21,22,23). The van der Waals surface area contributed by atoms with Crippen LogP contribution in [0, 0.1) is 0 Å². The summed E-state index contributed by atoms with van der Waals surface area (Å²) in [5, 5.41) is 6.96. The zero-order chi connectivity index (χ0) is 16.6.